The molecule has 0 aliphatic heterocycles. The zero-order valence-electron chi connectivity index (χ0n) is 16.4. The number of fused-ring (bicyclic) bond motifs is 2. The van der Waals surface area contributed by atoms with Crippen molar-refractivity contribution < 1.29 is 17.7 Å². The molecule has 4 rings (SSSR count). The summed E-state index contributed by atoms with van der Waals surface area (Å²) in [5, 5.41) is 4.33. The van der Waals surface area contributed by atoms with Crippen LogP contribution in [0, 0.1) is 5.41 Å². The first kappa shape index (κ1) is 19.9. The van der Waals surface area contributed by atoms with Crippen LogP contribution in [0.5, 0.6) is 0 Å². The predicted molar refractivity (Wildman–Crippen MR) is 113 cm³/mol. The van der Waals surface area contributed by atoms with Crippen LogP contribution in [0.4, 0.5) is 5.82 Å². The SMILES string of the molecule is CC1(C)CCc2cc(C(=O)c3cc4onc(NS(C)(=O)=O)c4cc3Cl)ccc2C1. The van der Waals surface area contributed by atoms with E-state index in [0.29, 0.717) is 10.9 Å². The summed E-state index contributed by atoms with van der Waals surface area (Å²) in [7, 11) is -3.52. The number of rotatable bonds is 4. The molecule has 1 aromatic heterocycles. The van der Waals surface area contributed by atoms with Crippen molar-refractivity contribution >= 4 is 44.2 Å². The Bertz CT molecular complexity index is 1250. The number of halogens is 1. The van der Waals surface area contributed by atoms with E-state index in [9.17, 15) is 13.2 Å². The third-order valence-electron chi connectivity index (χ3n) is 5.29. The fourth-order valence-electron chi connectivity index (χ4n) is 3.79. The Labute approximate surface area is 174 Å². The van der Waals surface area contributed by atoms with Gasteiger partial charge < -0.3 is 4.52 Å². The van der Waals surface area contributed by atoms with E-state index < -0.39 is 10.0 Å². The average Bonchev–Trinajstić information content (AvgIpc) is 2.99. The Morgan fingerprint density at radius 1 is 1.21 bits per heavy atom. The van der Waals surface area contributed by atoms with Gasteiger partial charge in [0.2, 0.25) is 10.0 Å². The molecule has 8 heteroatoms. The van der Waals surface area contributed by atoms with Crippen LogP contribution in [0.25, 0.3) is 11.0 Å². The van der Waals surface area contributed by atoms with Crippen LogP contribution in [-0.4, -0.2) is 25.6 Å². The molecule has 6 nitrogen and oxygen atoms in total. The number of nitrogens with one attached hydrogen (secondary N) is 1. The number of hydrogen-bond donors (Lipinski definition) is 1. The van der Waals surface area contributed by atoms with Gasteiger partial charge in [-0.05, 0) is 54.0 Å². The number of aryl methyl sites for hydroxylation is 1. The molecule has 0 bridgehead atoms. The Morgan fingerprint density at radius 2 is 1.97 bits per heavy atom. The molecule has 0 fully saturated rings. The van der Waals surface area contributed by atoms with E-state index in [1.165, 1.54) is 23.3 Å². The third-order valence-corrected chi connectivity index (χ3v) is 6.17. The van der Waals surface area contributed by atoms with Crippen LogP contribution < -0.4 is 4.72 Å². The van der Waals surface area contributed by atoms with Gasteiger partial charge in [0, 0.05) is 11.1 Å². The lowest BCUT2D eigenvalue weighted by Crippen LogP contribution is -2.22. The maximum Gasteiger partial charge on any atom is 0.231 e. The normalized spacial score (nSPS) is 15.9. The molecule has 0 atom stereocenters. The van der Waals surface area contributed by atoms with Gasteiger partial charge in [-0.1, -0.05) is 42.7 Å². The number of ketones is 1. The number of aromatic nitrogens is 1. The van der Waals surface area contributed by atoms with Crippen molar-refractivity contribution in [3.8, 4) is 0 Å². The third kappa shape index (κ3) is 4.02. The molecule has 152 valence electrons. The van der Waals surface area contributed by atoms with Crippen LogP contribution in [0.1, 0.15) is 47.3 Å². The molecule has 1 N–H and O–H groups in total. The molecule has 0 saturated heterocycles. The summed E-state index contributed by atoms with van der Waals surface area (Å²) in [6.07, 6.45) is 4.04. The summed E-state index contributed by atoms with van der Waals surface area (Å²) < 4.78 is 30.4. The van der Waals surface area contributed by atoms with E-state index in [1.54, 1.807) is 0 Å². The van der Waals surface area contributed by atoms with Gasteiger partial charge in [0.05, 0.1) is 16.7 Å². The number of sulfonamides is 1. The van der Waals surface area contributed by atoms with E-state index in [0.717, 1.165) is 25.5 Å². The summed E-state index contributed by atoms with van der Waals surface area (Å²) in [4.78, 5) is 13.1. The monoisotopic (exact) mass is 432 g/mol. The lowest BCUT2D eigenvalue weighted by Gasteiger charge is -2.31. The van der Waals surface area contributed by atoms with Crippen LogP contribution >= 0.6 is 11.6 Å². The predicted octanol–water partition coefficient (Wildman–Crippen LogP) is 4.60. The zero-order valence-corrected chi connectivity index (χ0v) is 17.9. The van der Waals surface area contributed by atoms with Crippen LogP contribution in [0.15, 0.2) is 34.9 Å². The van der Waals surface area contributed by atoms with Crippen molar-refractivity contribution in [1.82, 2.24) is 5.16 Å². The van der Waals surface area contributed by atoms with Crippen molar-refractivity contribution in [2.75, 3.05) is 11.0 Å². The highest BCUT2D eigenvalue weighted by Gasteiger charge is 2.26. The van der Waals surface area contributed by atoms with Gasteiger partial charge >= 0.3 is 0 Å². The lowest BCUT2D eigenvalue weighted by atomic mass is 9.74. The van der Waals surface area contributed by atoms with E-state index in [1.807, 2.05) is 18.2 Å². The minimum absolute atomic E-state index is 0.0415. The molecule has 0 unspecified atom stereocenters. The zero-order chi connectivity index (χ0) is 21.0. The van der Waals surface area contributed by atoms with Gasteiger partial charge in [0.25, 0.3) is 0 Å². The average molecular weight is 433 g/mol. The van der Waals surface area contributed by atoms with Crippen molar-refractivity contribution in [2.24, 2.45) is 5.41 Å². The van der Waals surface area contributed by atoms with E-state index >= 15 is 0 Å². The molecule has 0 radical (unpaired) electrons. The maximum atomic E-state index is 13.1. The molecule has 1 heterocycles. The number of carbonyl (C=O) groups excluding carboxylic acids is 1. The van der Waals surface area contributed by atoms with Gasteiger partial charge in [-0.15, -0.1) is 0 Å². The summed E-state index contributed by atoms with van der Waals surface area (Å²) in [5.74, 6) is -0.168. The second kappa shape index (κ2) is 6.85. The molecule has 1 aliphatic rings. The van der Waals surface area contributed by atoms with Gasteiger partial charge in [0.15, 0.2) is 17.2 Å². The van der Waals surface area contributed by atoms with Gasteiger partial charge in [-0.25, -0.2) is 8.42 Å². The second-order valence-electron chi connectivity index (χ2n) is 8.39. The fourth-order valence-corrected chi connectivity index (χ4v) is 4.53. The number of hydrogen-bond acceptors (Lipinski definition) is 5. The van der Waals surface area contributed by atoms with Gasteiger partial charge in [-0.2, -0.15) is 0 Å². The highest BCUT2D eigenvalue weighted by Crippen LogP contribution is 2.36. The first-order valence-corrected chi connectivity index (χ1v) is 11.5. The minimum atomic E-state index is -3.52. The largest absolute Gasteiger partial charge is 0.354 e. The first-order valence-electron chi connectivity index (χ1n) is 9.26. The molecule has 0 spiro atoms. The molecule has 0 amide bonds. The molecule has 29 heavy (non-hydrogen) atoms. The van der Waals surface area contributed by atoms with Crippen LogP contribution in [0.3, 0.4) is 0 Å². The smallest absolute Gasteiger partial charge is 0.231 e. The molecule has 3 aromatic rings. The summed E-state index contributed by atoms with van der Waals surface area (Å²) >= 11 is 6.36. The first-order chi connectivity index (χ1) is 13.5. The topological polar surface area (TPSA) is 89.3 Å². The molecular weight excluding hydrogens is 412 g/mol. The quantitative estimate of drug-likeness (QED) is 0.608. The highest BCUT2D eigenvalue weighted by atomic mass is 35.5. The summed E-state index contributed by atoms with van der Waals surface area (Å²) in [6.45, 7) is 4.52. The van der Waals surface area contributed by atoms with Crippen LogP contribution in [0.2, 0.25) is 5.02 Å². The summed E-state index contributed by atoms with van der Waals surface area (Å²) in [5.41, 5.74) is 3.90. The Morgan fingerprint density at radius 3 is 2.69 bits per heavy atom. The highest BCUT2D eigenvalue weighted by molar-refractivity contribution is 7.92. The Hall–Kier alpha value is -2.38. The summed E-state index contributed by atoms with van der Waals surface area (Å²) in [6, 6.07) is 8.81. The van der Waals surface area contributed by atoms with Crippen LogP contribution in [-0.2, 0) is 22.9 Å². The van der Waals surface area contributed by atoms with Crippen molar-refractivity contribution in [2.45, 2.75) is 33.1 Å². The Balaban J connectivity index is 1.70. The number of carbonyl (C=O) groups is 1. The van der Waals surface area contributed by atoms with Gasteiger partial charge in [-0.3, -0.25) is 9.52 Å². The molecule has 0 saturated carbocycles. The van der Waals surface area contributed by atoms with E-state index in [-0.39, 0.29) is 33.2 Å². The lowest BCUT2D eigenvalue weighted by molar-refractivity contribution is 0.103. The standard InChI is InChI=1S/C21H21ClN2O4S/c1-21(2)7-6-12-8-13(4-5-14(12)11-21)19(25)15-10-18-16(9-17(15)22)20(23-28-18)24-29(3,26)27/h4-5,8-10H,6-7,11H2,1-3H3,(H,23,24). The van der Waals surface area contributed by atoms with Crippen molar-refractivity contribution in [1.29, 1.82) is 0 Å². The molecule has 1 aliphatic carbocycles. The molecular formula is C21H21ClN2O4S. The van der Waals surface area contributed by atoms with E-state index in [4.69, 9.17) is 16.1 Å². The number of benzene rings is 2. The van der Waals surface area contributed by atoms with E-state index in [2.05, 4.69) is 23.7 Å². The van der Waals surface area contributed by atoms with Crippen molar-refractivity contribution in [3.05, 3.63) is 57.6 Å². The maximum absolute atomic E-state index is 13.1. The van der Waals surface area contributed by atoms with Crippen molar-refractivity contribution in [3.63, 3.8) is 0 Å². The van der Waals surface area contributed by atoms with Gasteiger partial charge in [0.1, 0.15) is 0 Å². The second-order valence-corrected chi connectivity index (χ2v) is 10.5. The number of anilines is 1. The fraction of sp³-hybridized carbons (Fsp3) is 0.333. The minimum Gasteiger partial charge on any atom is -0.354 e. The Kier molecular flexibility index (Phi) is 4.70. The molecule has 2 aromatic carbocycles. The number of nitrogens with zero attached hydrogens (tertiary/aromatic N) is 1.